The van der Waals surface area contributed by atoms with E-state index in [2.05, 4.69) is 10.1 Å². The molecule has 1 unspecified atom stereocenters. The van der Waals surface area contributed by atoms with Gasteiger partial charge in [0, 0.05) is 24.8 Å². The first kappa shape index (κ1) is 19.8. The summed E-state index contributed by atoms with van der Waals surface area (Å²) in [6, 6.07) is 9.23. The first-order chi connectivity index (χ1) is 9.63. The lowest BCUT2D eigenvalue weighted by Gasteiger charge is -2.11. The van der Waals surface area contributed by atoms with E-state index in [9.17, 15) is 9.59 Å². The van der Waals surface area contributed by atoms with Crippen LogP contribution in [0, 0.1) is 0 Å². The maximum atomic E-state index is 11.7. The number of carbonyl (C=O) groups is 2. The van der Waals surface area contributed by atoms with Crippen LogP contribution in [0.3, 0.4) is 0 Å². The van der Waals surface area contributed by atoms with Crippen molar-refractivity contribution in [3.63, 3.8) is 0 Å². The van der Waals surface area contributed by atoms with Gasteiger partial charge in [0.2, 0.25) is 5.91 Å². The summed E-state index contributed by atoms with van der Waals surface area (Å²) in [5, 5.41) is 2.78. The molecule has 1 aromatic rings. The second-order valence-corrected chi connectivity index (χ2v) is 5.31. The van der Waals surface area contributed by atoms with Crippen molar-refractivity contribution in [3.8, 4) is 0 Å². The van der Waals surface area contributed by atoms with E-state index in [4.69, 9.17) is 5.73 Å². The number of thioether (sulfide) groups is 1. The van der Waals surface area contributed by atoms with Gasteiger partial charge in [-0.2, -0.15) is 0 Å². The van der Waals surface area contributed by atoms with Crippen molar-refractivity contribution < 1.29 is 14.3 Å². The zero-order chi connectivity index (χ0) is 14.8. The third-order valence-corrected chi connectivity index (χ3v) is 3.58. The quantitative estimate of drug-likeness (QED) is 0.557. The highest BCUT2D eigenvalue weighted by atomic mass is 35.5. The predicted octanol–water partition coefficient (Wildman–Crippen LogP) is 1.52. The van der Waals surface area contributed by atoms with E-state index in [0.29, 0.717) is 18.1 Å². The van der Waals surface area contributed by atoms with E-state index in [0.717, 1.165) is 5.56 Å². The van der Waals surface area contributed by atoms with Gasteiger partial charge in [0.1, 0.15) is 0 Å². The van der Waals surface area contributed by atoms with Crippen LogP contribution in [0.2, 0.25) is 0 Å². The van der Waals surface area contributed by atoms with Crippen molar-refractivity contribution in [3.05, 3.63) is 35.9 Å². The highest BCUT2D eigenvalue weighted by Crippen LogP contribution is 2.12. The molecular weight excluding hydrogens is 312 g/mol. The van der Waals surface area contributed by atoms with Crippen LogP contribution in [0.25, 0.3) is 0 Å². The number of carbonyl (C=O) groups excluding carboxylic acids is 2. The topological polar surface area (TPSA) is 81.4 Å². The average Bonchev–Trinajstić information content (AvgIpc) is 2.47. The van der Waals surface area contributed by atoms with Crippen LogP contribution in [0.15, 0.2) is 30.3 Å². The van der Waals surface area contributed by atoms with Crippen LogP contribution in [0.1, 0.15) is 18.0 Å². The summed E-state index contributed by atoms with van der Waals surface area (Å²) in [5.41, 5.74) is 6.90. The summed E-state index contributed by atoms with van der Waals surface area (Å²) in [6.07, 6.45) is 0.256. The fraction of sp³-hybridized carbons (Fsp3) is 0.429. The first-order valence-corrected chi connectivity index (χ1v) is 7.50. The number of rotatable bonds is 8. The Labute approximate surface area is 135 Å². The second-order valence-electron chi connectivity index (χ2n) is 4.20. The molecule has 0 bridgehead atoms. The summed E-state index contributed by atoms with van der Waals surface area (Å²) in [7, 11) is 1.36. The molecule has 1 aromatic carbocycles. The number of esters is 1. The number of hydrogen-bond donors (Lipinski definition) is 2. The van der Waals surface area contributed by atoms with Gasteiger partial charge in [0.25, 0.3) is 0 Å². The predicted molar refractivity (Wildman–Crippen MR) is 87.6 cm³/mol. The molecular formula is C14H21ClN2O3S. The van der Waals surface area contributed by atoms with Gasteiger partial charge < -0.3 is 15.8 Å². The normalized spacial score (nSPS) is 11.1. The molecule has 1 amide bonds. The molecule has 0 spiro atoms. The summed E-state index contributed by atoms with van der Waals surface area (Å²) < 4.78 is 4.52. The minimum atomic E-state index is -0.293. The van der Waals surface area contributed by atoms with Crippen LogP contribution >= 0.6 is 24.2 Å². The molecule has 0 heterocycles. The smallest absolute Gasteiger partial charge is 0.315 e. The number of ether oxygens (including phenoxy) is 1. The summed E-state index contributed by atoms with van der Waals surface area (Å²) in [4.78, 5) is 22.6. The Hall–Kier alpha value is -1.24. The minimum Gasteiger partial charge on any atom is -0.468 e. The fourth-order valence-corrected chi connectivity index (χ4v) is 2.24. The van der Waals surface area contributed by atoms with Gasteiger partial charge in [0.15, 0.2) is 0 Å². The lowest BCUT2D eigenvalue weighted by Crippen LogP contribution is -2.29. The number of methoxy groups -OCH3 is 1. The van der Waals surface area contributed by atoms with Crippen LogP contribution in [-0.2, 0) is 14.3 Å². The Bertz CT molecular complexity index is 431. The maximum Gasteiger partial charge on any atom is 0.315 e. The molecule has 0 fully saturated rings. The van der Waals surface area contributed by atoms with Crippen LogP contribution < -0.4 is 11.1 Å². The third kappa shape index (κ3) is 8.60. The molecule has 1 rings (SSSR count). The lowest BCUT2D eigenvalue weighted by atomic mass is 10.0. The average molecular weight is 333 g/mol. The molecule has 7 heteroatoms. The van der Waals surface area contributed by atoms with Crippen molar-refractivity contribution in [2.45, 2.75) is 12.5 Å². The molecule has 21 heavy (non-hydrogen) atoms. The fourth-order valence-electron chi connectivity index (χ4n) is 1.57. The van der Waals surface area contributed by atoms with Gasteiger partial charge in [-0.05, 0) is 5.56 Å². The Balaban J connectivity index is 0.00000400. The van der Waals surface area contributed by atoms with Crippen molar-refractivity contribution in [2.75, 3.05) is 25.2 Å². The number of benzene rings is 1. The molecule has 0 aromatic heterocycles. The van der Waals surface area contributed by atoms with E-state index < -0.39 is 0 Å². The summed E-state index contributed by atoms with van der Waals surface area (Å²) in [5.74, 6) is 0.629. The van der Waals surface area contributed by atoms with Crippen LogP contribution in [0.4, 0.5) is 0 Å². The monoisotopic (exact) mass is 332 g/mol. The van der Waals surface area contributed by atoms with E-state index in [1.165, 1.54) is 18.9 Å². The van der Waals surface area contributed by atoms with Gasteiger partial charge >= 0.3 is 5.97 Å². The van der Waals surface area contributed by atoms with Gasteiger partial charge in [-0.1, -0.05) is 30.3 Å². The molecule has 0 aliphatic carbocycles. The molecule has 0 aliphatic heterocycles. The first-order valence-electron chi connectivity index (χ1n) is 6.35. The van der Waals surface area contributed by atoms with E-state index in [-0.39, 0.29) is 36.7 Å². The van der Waals surface area contributed by atoms with Crippen molar-refractivity contribution in [1.29, 1.82) is 0 Å². The van der Waals surface area contributed by atoms with Gasteiger partial charge in [-0.25, -0.2) is 0 Å². The highest BCUT2D eigenvalue weighted by molar-refractivity contribution is 7.99. The van der Waals surface area contributed by atoms with Crippen molar-refractivity contribution in [2.24, 2.45) is 5.73 Å². The van der Waals surface area contributed by atoms with Crippen molar-refractivity contribution in [1.82, 2.24) is 5.32 Å². The van der Waals surface area contributed by atoms with E-state index in [1.807, 2.05) is 30.3 Å². The Morgan fingerprint density at radius 1 is 1.33 bits per heavy atom. The Morgan fingerprint density at radius 2 is 2.00 bits per heavy atom. The molecule has 5 nitrogen and oxygen atoms in total. The SMILES string of the molecule is COC(=O)CSCCNC(=O)CC(N)c1ccccc1.Cl. The zero-order valence-electron chi connectivity index (χ0n) is 11.9. The largest absolute Gasteiger partial charge is 0.468 e. The summed E-state index contributed by atoms with van der Waals surface area (Å²) >= 11 is 1.42. The Morgan fingerprint density at radius 3 is 2.62 bits per heavy atom. The molecule has 0 saturated heterocycles. The highest BCUT2D eigenvalue weighted by Gasteiger charge is 2.10. The zero-order valence-corrected chi connectivity index (χ0v) is 13.5. The van der Waals surface area contributed by atoms with E-state index >= 15 is 0 Å². The standard InChI is InChI=1S/C14H20N2O3S.ClH/c1-19-14(18)10-20-8-7-16-13(17)9-12(15)11-5-3-2-4-6-11;/h2-6,12H,7-10,15H2,1H3,(H,16,17);1H. The minimum absolute atomic E-state index is 0. The van der Waals surface area contributed by atoms with Gasteiger partial charge in [-0.15, -0.1) is 24.2 Å². The maximum absolute atomic E-state index is 11.7. The van der Waals surface area contributed by atoms with E-state index in [1.54, 1.807) is 0 Å². The number of amides is 1. The molecule has 118 valence electrons. The molecule has 0 aliphatic rings. The molecule has 0 radical (unpaired) electrons. The number of nitrogens with two attached hydrogens (primary N) is 1. The van der Waals surface area contributed by atoms with Crippen LogP contribution in [-0.4, -0.2) is 37.0 Å². The van der Waals surface area contributed by atoms with Crippen LogP contribution in [0.5, 0.6) is 0 Å². The Kier molecular flexibility index (Phi) is 10.7. The number of hydrogen-bond acceptors (Lipinski definition) is 5. The third-order valence-electron chi connectivity index (χ3n) is 2.65. The number of halogens is 1. The van der Waals surface area contributed by atoms with Gasteiger partial charge in [0.05, 0.1) is 12.9 Å². The van der Waals surface area contributed by atoms with Gasteiger partial charge in [-0.3, -0.25) is 9.59 Å². The lowest BCUT2D eigenvalue weighted by molar-refractivity contribution is -0.137. The molecule has 3 N–H and O–H groups in total. The second kappa shape index (κ2) is 11.4. The summed E-state index contributed by atoms with van der Waals surface area (Å²) in [6.45, 7) is 0.516. The number of nitrogens with one attached hydrogen (secondary N) is 1. The molecule has 0 saturated carbocycles. The van der Waals surface area contributed by atoms with Crippen molar-refractivity contribution >= 4 is 36.0 Å². The molecule has 1 atom stereocenters.